The molecule has 142 valence electrons. The van der Waals surface area contributed by atoms with Gasteiger partial charge in [0.05, 0.1) is 52.1 Å². The number of amides is 2. The average molecular weight is 364 g/mol. The smallest absolute Gasteiger partial charge is 0.257 e. The normalized spacial score (nSPS) is 22.7. The maximum absolute atomic E-state index is 13.1. The standard InChI is InChI=1S/C18H24N2O6/c1-19-12-9-20(10-16(12)26-6-5-17(19)21)18(22)11-7-14(24-3)15(25-4)8-13(11)23-2/h7-8,12,16H,5-6,9-10H2,1-4H3/t12-,16-/m0/s1. The number of hydrogen-bond donors (Lipinski definition) is 0. The molecule has 26 heavy (non-hydrogen) atoms. The molecule has 2 saturated heterocycles. The van der Waals surface area contributed by atoms with Gasteiger partial charge in [0.2, 0.25) is 5.91 Å². The number of likely N-dealkylation sites (tertiary alicyclic amines) is 1. The van der Waals surface area contributed by atoms with Crippen molar-refractivity contribution in [3.05, 3.63) is 17.7 Å². The molecule has 0 spiro atoms. The number of carbonyl (C=O) groups is 2. The number of hydrogen-bond acceptors (Lipinski definition) is 6. The lowest BCUT2D eigenvalue weighted by molar-refractivity contribution is -0.131. The number of fused-ring (bicyclic) bond motifs is 1. The number of likely N-dealkylation sites (N-methyl/N-ethyl adjacent to an activating group) is 1. The van der Waals surface area contributed by atoms with E-state index in [1.807, 2.05) is 0 Å². The van der Waals surface area contributed by atoms with Gasteiger partial charge in [0.15, 0.2) is 11.5 Å². The first-order valence-electron chi connectivity index (χ1n) is 8.46. The summed E-state index contributed by atoms with van der Waals surface area (Å²) in [5, 5.41) is 0. The topological polar surface area (TPSA) is 77.5 Å². The van der Waals surface area contributed by atoms with Gasteiger partial charge in [-0.25, -0.2) is 0 Å². The van der Waals surface area contributed by atoms with Crippen molar-refractivity contribution < 1.29 is 28.5 Å². The molecule has 0 aromatic heterocycles. The monoisotopic (exact) mass is 364 g/mol. The van der Waals surface area contributed by atoms with Crippen LogP contribution in [0, 0.1) is 0 Å². The van der Waals surface area contributed by atoms with Crippen molar-refractivity contribution in [3.63, 3.8) is 0 Å². The quantitative estimate of drug-likeness (QED) is 0.786. The minimum atomic E-state index is -0.194. The summed E-state index contributed by atoms with van der Waals surface area (Å²) < 4.78 is 21.7. The molecule has 2 aliphatic rings. The number of carbonyl (C=O) groups excluding carboxylic acids is 2. The van der Waals surface area contributed by atoms with E-state index in [2.05, 4.69) is 0 Å². The Morgan fingerprint density at radius 1 is 1.08 bits per heavy atom. The lowest BCUT2D eigenvalue weighted by Gasteiger charge is -2.25. The summed E-state index contributed by atoms with van der Waals surface area (Å²) in [6.45, 7) is 1.23. The van der Waals surface area contributed by atoms with Crippen molar-refractivity contribution in [1.29, 1.82) is 0 Å². The number of rotatable bonds is 4. The largest absolute Gasteiger partial charge is 0.496 e. The van der Waals surface area contributed by atoms with Crippen LogP contribution in [0.5, 0.6) is 17.2 Å². The molecule has 2 amide bonds. The molecule has 0 aliphatic carbocycles. The highest BCUT2D eigenvalue weighted by atomic mass is 16.5. The molecule has 1 aromatic carbocycles. The second-order valence-electron chi connectivity index (χ2n) is 6.35. The maximum Gasteiger partial charge on any atom is 0.257 e. The van der Waals surface area contributed by atoms with Crippen molar-refractivity contribution in [2.45, 2.75) is 18.6 Å². The van der Waals surface area contributed by atoms with Gasteiger partial charge >= 0.3 is 0 Å². The van der Waals surface area contributed by atoms with Crippen LogP contribution in [0.4, 0.5) is 0 Å². The van der Waals surface area contributed by atoms with Crippen LogP contribution in [-0.2, 0) is 9.53 Å². The molecular weight excluding hydrogens is 340 g/mol. The minimum absolute atomic E-state index is 0.0375. The second kappa shape index (κ2) is 7.41. The lowest BCUT2D eigenvalue weighted by Crippen LogP contribution is -2.43. The Hall–Kier alpha value is -2.48. The van der Waals surface area contributed by atoms with Gasteiger partial charge in [-0.1, -0.05) is 0 Å². The number of ether oxygens (including phenoxy) is 4. The third kappa shape index (κ3) is 3.16. The molecule has 2 aliphatic heterocycles. The molecule has 8 heteroatoms. The predicted octanol–water partition coefficient (Wildman–Crippen LogP) is 0.784. The Morgan fingerprint density at radius 2 is 1.73 bits per heavy atom. The molecule has 1 aromatic rings. The Balaban J connectivity index is 1.87. The third-order valence-corrected chi connectivity index (χ3v) is 5.00. The zero-order chi connectivity index (χ0) is 18.8. The fourth-order valence-corrected chi connectivity index (χ4v) is 3.48. The van der Waals surface area contributed by atoms with Crippen molar-refractivity contribution in [3.8, 4) is 17.2 Å². The first-order valence-corrected chi connectivity index (χ1v) is 8.46. The van der Waals surface area contributed by atoms with Gasteiger partial charge in [-0.15, -0.1) is 0 Å². The highest BCUT2D eigenvalue weighted by Gasteiger charge is 2.42. The van der Waals surface area contributed by atoms with Crippen LogP contribution in [0.3, 0.4) is 0 Å². The molecular formula is C18H24N2O6. The molecule has 2 heterocycles. The van der Waals surface area contributed by atoms with E-state index in [4.69, 9.17) is 18.9 Å². The fourth-order valence-electron chi connectivity index (χ4n) is 3.48. The molecule has 2 atom stereocenters. The first-order chi connectivity index (χ1) is 12.5. The summed E-state index contributed by atoms with van der Waals surface area (Å²) in [7, 11) is 6.30. The van der Waals surface area contributed by atoms with E-state index in [1.165, 1.54) is 21.3 Å². The van der Waals surface area contributed by atoms with Crippen LogP contribution in [0.15, 0.2) is 12.1 Å². The maximum atomic E-state index is 13.1. The zero-order valence-electron chi connectivity index (χ0n) is 15.5. The van der Waals surface area contributed by atoms with E-state index in [9.17, 15) is 9.59 Å². The first kappa shape index (κ1) is 18.3. The van der Waals surface area contributed by atoms with E-state index >= 15 is 0 Å². The van der Waals surface area contributed by atoms with Gasteiger partial charge in [-0.05, 0) is 0 Å². The van der Waals surface area contributed by atoms with Gasteiger partial charge in [-0.3, -0.25) is 9.59 Å². The predicted molar refractivity (Wildman–Crippen MR) is 92.9 cm³/mol. The third-order valence-electron chi connectivity index (χ3n) is 5.00. The molecule has 0 N–H and O–H groups in total. The zero-order valence-corrected chi connectivity index (χ0v) is 15.5. The summed E-state index contributed by atoms with van der Waals surface area (Å²) in [5.74, 6) is 1.19. The Labute approximate surface area is 152 Å². The van der Waals surface area contributed by atoms with Gasteiger partial charge in [-0.2, -0.15) is 0 Å². The van der Waals surface area contributed by atoms with Gasteiger partial charge in [0.1, 0.15) is 5.75 Å². The summed E-state index contributed by atoms with van der Waals surface area (Å²) in [4.78, 5) is 28.5. The van der Waals surface area contributed by atoms with Crippen LogP contribution >= 0.6 is 0 Å². The lowest BCUT2D eigenvalue weighted by atomic mass is 10.1. The Bertz CT molecular complexity index is 707. The number of benzene rings is 1. The highest BCUT2D eigenvalue weighted by molar-refractivity contribution is 5.98. The number of nitrogens with zero attached hydrogens (tertiary/aromatic N) is 2. The van der Waals surface area contributed by atoms with Crippen LogP contribution < -0.4 is 14.2 Å². The highest BCUT2D eigenvalue weighted by Crippen LogP contribution is 2.36. The van der Waals surface area contributed by atoms with Gasteiger partial charge < -0.3 is 28.7 Å². The molecule has 3 rings (SSSR count). The second-order valence-corrected chi connectivity index (χ2v) is 6.35. The van der Waals surface area contributed by atoms with Crippen molar-refractivity contribution >= 4 is 11.8 Å². The van der Waals surface area contributed by atoms with E-state index in [-0.39, 0.29) is 24.0 Å². The minimum Gasteiger partial charge on any atom is -0.496 e. The molecule has 8 nitrogen and oxygen atoms in total. The van der Waals surface area contributed by atoms with Crippen LogP contribution in [0.1, 0.15) is 16.8 Å². The van der Waals surface area contributed by atoms with E-state index < -0.39 is 0 Å². The summed E-state index contributed by atoms with van der Waals surface area (Å²) in [5.41, 5.74) is 0.385. The van der Waals surface area contributed by atoms with Crippen molar-refractivity contribution in [1.82, 2.24) is 9.80 Å². The molecule has 0 saturated carbocycles. The Morgan fingerprint density at radius 3 is 2.38 bits per heavy atom. The molecule has 2 fully saturated rings. The van der Waals surface area contributed by atoms with Crippen molar-refractivity contribution in [2.75, 3.05) is 48.1 Å². The Kier molecular flexibility index (Phi) is 5.22. The van der Waals surface area contributed by atoms with Gasteiger partial charge in [0.25, 0.3) is 5.91 Å². The molecule has 0 radical (unpaired) electrons. The van der Waals surface area contributed by atoms with E-state index in [1.54, 1.807) is 29.0 Å². The average Bonchev–Trinajstić information content (AvgIpc) is 3.04. The van der Waals surface area contributed by atoms with Crippen LogP contribution in [0.2, 0.25) is 0 Å². The molecule has 0 unspecified atom stereocenters. The van der Waals surface area contributed by atoms with Gasteiger partial charge in [0, 0.05) is 32.3 Å². The van der Waals surface area contributed by atoms with Crippen LogP contribution in [0.25, 0.3) is 0 Å². The van der Waals surface area contributed by atoms with Crippen LogP contribution in [-0.4, -0.2) is 81.8 Å². The van der Waals surface area contributed by atoms with E-state index in [0.717, 1.165) is 0 Å². The SMILES string of the molecule is COc1cc(OC)c(C(=O)N2C[C@@H]3OCCC(=O)N(C)[C@H]3C2)cc1OC. The molecule has 0 bridgehead atoms. The number of methoxy groups -OCH3 is 3. The van der Waals surface area contributed by atoms with E-state index in [0.29, 0.717) is 48.9 Å². The summed E-state index contributed by atoms with van der Waals surface area (Å²) >= 11 is 0. The summed E-state index contributed by atoms with van der Waals surface area (Å²) in [6.07, 6.45) is 0.197. The summed E-state index contributed by atoms with van der Waals surface area (Å²) in [6, 6.07) is 3.11. The fraction of sp³-hybridized carbons (Fsp3) is 0.556. The van der Waals surface area contributed by atoms with Crippen molar-refractivity contribution in [2.24, 2.45) is 0 Å².